The van der Waals surface area contributed by atoms with Crippen molar-refractivity contribution in [2.75, 3.05) is 0 Å². The molecule has 0 saturated carbocycles. The van der Waals surface area contributed by atoms with Crippen molar-refractivity contribution < 1.29 is 22.4 Å². The van der Waals surface area contributed by atoms with Crippen LogP contribution in [0.25, 0.3) is 0 Å². The van der Waals surface area contributed by atoms with Crippen molar-refractivity contribution in [2.24, 2.45) is 0 Å². The van der Waals surface area contributed by atoms with Gasteiger partial charge in [0.1, 0.15) is 29.2 Å². The Hall–Kier alpha value is -2.68. The molecule has 0 aliphatic heterocycles. The molecule has 0 N–H and O–H groups in total. The molecule has 0 fully saturated rings. The summed E-state index contributed by atoms with van der Waals surface area (Å²) >= 11 is 0. The highest BCUT2D eigenvalue weighted by Gasteiger charge is 2.27. The van der Waals surface area contributed by atoms with Gasteiger partial charge in [-0.3, -0.25) is 4.79 Å². The molecular weight excluding hydrogens is 286 g/mol. The van der Waals surface area contributed by atoms with Gasteiger partial charge >= 0.3 is 0 Å². The minimum absolute atomic E-state index is 0.368. The monoisotopic (exact) mass is 293 g/mol. The molecule has 0 spiro atoms. The third-order valence-corrected chi connectivity index (χ3v) is 2.86. The second kappa shape index (κ2) is 5.75. The average Bonchev–Trinajstić information content (AvgIpc) is 2.41. The predicted molar refractivity (Wildman–Crippen MR) is 65.4 cm³/mol. The van der Waals surface area contributed by atoms with E-state index in [1.165, 1.54) is 0 Å². The zero-order valence-corrected chi connectivity index (χ0v) is 10.4. The minimum Gasteiger partial charge on any atom is -0.292 e. The van der Waals surface area contributed by atoms with Gasteiger partial charge in [0.25, 0.3) is 0 Å². The molecule has 2 aromatic carbocycles. The Balaban J connectivity index is 2.46. The number of rotatable bonds is 3. The van der Waals surface area contributed by atoms with Crippen LogP contribution in [0.15, 0.2) is 36.4 Å². The first-order valence-electron chi connectivity index (χ1n) is 5.78. The van der Waals surface area contributed by atoms with Gasteiger partial charge < -0.3 is 0 Å². The quantitative estimate of drug-likeness (QED) is 0.639. The van der Waals surface area contributed by atoms with Gasteiger partial charge in [-0.1, -0.05) is 6.07 Å². The Morgan fingerprint density at radius 1 is 0.952 bits per heavy atom. The van der Waals surface area contributed by atoms with Gasteiger partial charge in [-0.05, 0) is 18.2 Å². The SMILES string of the molecule is N#CC(C(=O)c1ccc(F)cc1F)c1ccc(F)cc1F. The predicted octanol–water partition coefficient (Wildman–Crippen LogP) is 3.73. The maximum Gasteiger partial charge on any atom is 0.187 e. The summed E-state index contributed by atoms with van der Waals surface area (Å²) in [7, 11) is 0. The lowest BCUT2D eigenvalue weighted by Gasteiger charge is -2.10. The third kappa shape index (κ3) is 2.92. The topological polar surface area (TPSA) is 40.9 Å². The summed E-state index contributed by atoms with van der Waals surface area (Å²) in [5, 5.41) is 9.02. The standard InChI is InChI=1S/C15H7F4NO/c16-8-1-3-10(13(18)5-8)12(7-20)15(21)11-4-2-9(17)6-14(11)19/h1-6,12H. The second-order valence-electron chi connectivity index (χ2n) is 4.22. The lowest BCUT2D eigenvalue weighted by Crippen LogP contribution is -2.14. The number of halogens is 4. The van der Waals surface area contributed by atoms with Crippen LogP contribution < -0.4 is 0 Å². The number of nitriles is 1. The van der Waals surface area contributed by atoms with E-state index in [4.69, 9.17) is 5.26 Å². The van der Waals surface area contributed by atoms with Gasteiger partial charge in [0, 0.05) is 17.7 Å². The van der Waals surface area contributed by atoms with E-state index >= 15 is 0 Å². The van der Waals surface area contributed by atoms with Crippen LogP contribution in [0, 0.1) is 34.6 Å². The van der Waals surface area contributed by atoms with Gasteiger partial charge in [-0.25, -0.2) is 17.6 Å². The van der Waals surface area contributed by atoms with Crippen molar-refractivity contribution in [1.82, 2.24) is 0 Å². The summed E-state index contributed by atoms with van der Waals surface area (Å²) in [5.41, 5.74) is -0.903. The lowest BCUT2D eigenvalue weighted by atomic mass is 9.91. The van der Waals surface area contributed by atoms with Crippen LogP contribution in [-0.4, -0.2) is 5.78 Å². The highest BCUT2D eigenvalue weighted by Crippen LogP contribution is 2.25. The summed E-state index contributed by atoms with van der Waals surface area (Å²) in [6.07, 6.45) is 0. The average molecular weight is 293 g/mol. The van der Waals surface area contributed by atoms with Crippen LogP contribution in [0.5, 0.6) is 0 Å². The number of carbonyl (C=O) groups excluding carboxylic acids is 1. The molecule has 6 heteroatoms. The Morgan fingerprint density at radius 2 is 1.52 bits per heavy atom. The maximum atomic E-state index is 13.6. The number of benzene rings is 2. The first-order valence-corrected chi connectivity index (χ1v) is 5.78. The van der Waals surface area contributed by atoms with E-state index in [2.05, 4.69) is 0 Å². The molecule has 0 saturated heterocycles. The number of Topliss-reactive ketones (excluding diaryl/α,β-unsaturated/α-hetero) is 1. The molecule has 0 radical (unpaired) electrons. The molecular formula is C15H7F4NO. The molecule has 2 aromatic rings. The third-order valence-electron chi connectivity index (χ3n) is 2.86. The fraction of sp³-hybridized carbons (Fsp3) is 0.0667. The van der Waals surface area contributed by atoms with Crippen molar-refractivity contribution in [3.05, 3.63) is 70.8 Å². The number of nitrogens with zero attached hydrogens (tertiary/aromatic N) is 1. The van der Waals surface area contributed by atoms with Crippen molar-refractivity contribution in [2.45, 2.75) is 5.92 Å². The van der Waals surface area contributed by atoms with Crippen LogP contribution >= 0.6 is 0 Å². The van der Waals surface area contributed by atoms with Gasteiger partial charge in [0.2, 0.25) is 0 Å². The fourth-order valence-electron chi connectivity index (χ4n) is 1.85. The Morgan fingerprint density at radius 3 is 2.05 bits per heavy atom. The smallest absolute Gasteiger partial charge is 0.187 e. The molecule has 1 unspecified atom stereocenters. The molecule has 1 atom stereocenters. The molecule has 106 valence electrons. The molecule has 0 heterocycles. The summed E-state index contributed by atoms with van der Waals surface area (Å²) < 4.78 is 52.8. The molecule has 0 bridgehead atoms. The first kappa shape index (κ1) is 14.7. The fourth-order valence-corrected chi connectivity index (χ4v) is 1.85. The number of hydrogen-bond acceptors (Lipinski definition) is 2. The van der Waals surface area contributed by atoms with Crippen LogP contribution in [0.4, 0.5) is 17.6 Å². The van der Waals surface area contributed by atoms with E-state index < -0.39 is 40.5 Å². The molecule has 0 aliphatic rings. The number of carbonyl (C=O) groups is 1. The molecule has 0 aromatic heterocycles. The number of ketones is 1. The molecule has 21 heavy (non-hydrogen) atoms. The molecule has 2 rings (SSSR count). The highest BCUT2D eigenvalue weighted by atomic mass is 19.1. The second-order valence-corrected chi connectivity index (χ2v) is 4.22. The molecule has 2 nitrogen and oxygen atoms in total. The van der Waals surface area contributed by atoms with Gasteiger partial charge in [0.15, 0.2) is 5.78 Å². The Kier molecular flexibility index (Phi) is 4.03. The summed E-state index contributed by atoms with van der Waals surface area (Å²) in [6, 6.07) is 6.11. The van der Waals surface area contributed by atoms with Crippen LogP contribution in [0.1, 0.15) is 21.8 Å². The van der Waals surface area contributed by atoms with E-state index in [9.17, 15) is 22.4 Å². The van der Waals surface area contributed by atoms with Gasteiger partial charge in [0.05, 0.1) is 11.6 Å². The minimum atomic E-state index is -1.65. The van der Waals surface area contributed by atoms with Crippen molar-refractivity contribution >= 4 is 5.78 Å². The zero-order valence-electron chi connectivity index (χ0n) is 10.4. The van der Waals surface area contributed by atoms with E-state index in [0.29, 0.717) is 12.1 Å². The Labute approximate surface area is 117 Å². The highest BCUT2D eigenvalue weighted by molar-refractivity contribution is 6.03. The van der Waals surface area contributed by atoms with Gasteiger partial charge in [-0.2, -0.15) is 5.26 Å². The van der Waals surface area contributed by atoms with Crippen LogP contribution in [0.3, 0.4) is 0 Å². The zero-order chi connectivity index (χ0) is 15.6. The van der Waals surface area contributed by atoms with Crippen molar-refractivity contribution in [3.63, 3.8) is 0 Å². The Bertz CT molecular complexity index is 752. The summed E-state index contributed by atoms with van der Waals surface area (Å²) in [4.78, 5) is 12.1. The number of hydrogen-bond donors (Lipinski definition) is 0. The van der Waals surface area contributed by atoms with E-state index in [1.54, 1.807) is 6.07 Å². The summed E-state index contributed by atoms with van der Waals surface area (Å²) in [5.74, 6) is -6.66. The van der Waals surface area contributed by atoms with Gasteiger partial charge in [-0.15, -0.1) is 0 Å². The van der Waals surface area contributed by atoms with Crippen LogP contribution in [-0.2, 0) is 0 Å². The van der Waals surface area contributed by atoms with Crippen molar-refractivity contribution in [1.29, 1.82) is 5.26 Å². The molecule has 0 aliphatic carbocycles. The normalized spacial score (nSPS) is 11.8. The van der Waals surface area contributed by atoms with Crippen LogP contribution in [0.2, 0.25) is 0 Å². The van der Waals surface area contributed by atoms with E-state index in [-0.39, 0.29) is 5.56 Å². The lowest BCUT2D eigenvalue weighted by molar-refractivity contribution is 0.0973. The van der Waals surface area contributed by atoms with Crippen molar-refractivity contribution in [3.8, 4) is 6.07 Å². The summed E-state index contributed by atoms with van der Waals surface area (Å²) in [6.45, 7) is 0. The first-order chi connectivity index (χ1) is 9.93. The molecule has 0 amide bonds. The van der Waals surface area contributed by atoms with E-state index in [0.717, 1.165) is 24.3 Å². The maximum absolute atomic E-state index is 13.6. The largest absolute Gasteiger partial charge is 0.292 e. The van der Waals surface area contributed by atoms with E-state index in [1.807, 2.05) is 0 Å².